The Bertz CT molecular complexity index is 459. The lowest BCUT2D eigenvalue weighted by molar-refractivity contribution is -0.121. The maximum Gasteiger partial charge on any atom is 0.220 e. The minimum atomic E-state index is 0.148. The fourth-order valence-corrected chi connectivity index (χ4v) is 2.52. The van der Waals surface area contributed by atoms with Crippen LogP contribution in [0.2, 0.25) is 0 Å². The predicted octanol–water partition coefficient (Wildman–Crippen LogP) is 2.19. The van der Waals surface area contributed by atoms with Gasteiger partial charge in [-0.25, -0.2) is 4.98 Å². The summed E-state index contributed by atoms with van der Waals surface area (Å²) in [5.74, 6) is 0.591. The summed E-state index contributed by atoms with van der Waals surface area (Å²) in [6.07, 6.45) is 13.4. The Balaban J connectivity index is 1.49. The van der Waals surface area contributed by atoms with E-state index in [1.807, 2.05) is 12.5 Å². The van der Waals surface area contributed by atoms with Crippen LogP contribution < -0.4 is 5.32 Å². The van der Waals surface area contributed by atoms with Gasteiger partial charge in [-0.15, -0.1) is 0 Å². The number of hydrogen-bond donors (Lipinski definition) is 1. The monoisotopic (exact) mass is 245 g/mol. The third-order valence-corrected chi connectivity index (χ3v) is 3.71. The highest BCUT2D eigenvalue weighted by atomic mass is 16.1. The van der Waals surface area contributed by atoms with Crippen molar-refractivity contribution < 1.29 is 4.79 Å². The molecule has 0 unspecified atom stereocenters. The summed E-state index contributed by atoms with van der Waals surface area (Å²) < 4.78 is 2.19. The largest absolute Gasteiger partial charge is 0.350 e. The number of aromatic nitrogens is 2. The van der Waals surface area contributed by atoms with Crippen LogP contribution >= 0.6 is 0 Å². The molecule has 1 fully saturated rings. The lowest BCUT2D eigenvalue weighted by Gasteiger charge is -2.10. The number of amides is 1. The molecule has 0 bridgehead atoms. The van der Waals surface area contributed by atoms with E-state index in [0.29, 0.717) is 24.9 Å². The molecule has 0 aliphatic heterocycles. The third kappa shape index (κ3) is 2.63. The van der Waals surface area contributed by atoms with E-state index in [4.69, 9.17) is 0 Å². The van der Waals surface area contributed by atoms with Crippen molar-refractivity contribution in [1.82, 2.24) is 14.9 Å². The number of imidazole rings is 1. The molecule has 1 atom stereocenters. The molecule has 1 aromatic heterocycles. The maximum absolute atomic E-state index is 11.8. The van der Waals surface area contributed by atoms with Gasteiger partial charge in [0, 0.05) is 18.7 Å². The Hall–Kier alpha value is -1.58. The quantitative estimate of drug-likeness (QED) is 0.808. The van der Waals surface area contributed by atoms with Crippen LogP contribution in [0.4, 0.5) is 0 Å². The molecule has 96 valence electrons. The lowest BCUT2D eigenvalue weighted by Crippen LogP contribution is -2.25. The second-order valence-electron chi connectivity index (χ2n) is 5.27. The van der Waals surface area contributed by atoms with E-state index in [2.05, 4.69) is 27.0 Å². The summed E-state index contributed by atoms with van der Waals surface area (Å²) in [5.41, 5.74) is 1.12. The van der Waals surface area contributed by atoms with Crippen LogP contribution in [-0.4, -0.2) is 15.5 Å². The molecule has 18 heavy (non-hydrogen) atoms. The molecule has 1 aromatic rings. The van der Waals surface area contributed by atoms with Gasteiger partial charge in [0.25, 0.3) is 0 Å². The zero-order valence-corrected chi connectivity index (χ0v) is 10.5. The fourth-order valence-electron chi connectivity index (χ4n) is 2.52. The van der Waals surface area contributed by atoms with Gasteiger partial charge in [-0.3, -0.25) is 4.79 Å². The summed E-state index contributed by atoms with van der Waals surface area (Å²) in [7, 11) is 0. The second kappa shape index (κ2) is 4.96. The molecule has 0 spiro atoms. The molecule has 2 aliphatic rings. The van der Waals surface area contributed by atoms with Gasteiger partial charge < -0.3 is 9.88 Å². The van der Waals surface area contributed by atoms with Gasteiger partial charge in [-0.1, -0.05) is 12.2 Å². The van der Waals surface area contributed by atoms with Gasteiger partial charge in [0.15, 0.2) is 0 Å². The van der Waals surface area contributed by atoms with Crippen LogP contribution in [0.3, 0.4) is 0 Å². The van der Waals surface area contributed by atoms with Gasteiger partial charge in [0.2, 0.25) is 5.91 Å². The highest BCUT2D eigenvalue weighted by molar-refractivity contribution is 5.76. The Morgan fingerprint density at radius 3 is 3.06 bits per heavy atom. The Kier molecular flexibility index (Phi) is 3.17. The summed E-state index contributed by atoms with van der Waals surface area (Å²) in [6, 6.07) is 0.622. The molecular formula is C14H19N3O. The zero-order chi connectivity index (χ0) is 12.4. The van der Waals surface area contributed by atoms with Crippen LogP contribution in [-0.2, 0) is 11.3 Å². The normalized spacial score (nSPS) is 22.3. The van der Waals surface area contributed by atoms with E-state index in [-0.39, 0.29) is 5.91 Å². The number of rotatable bonds is 5. The van der Waals surface area contributed by atoms with Gasteiger partial charge >= 0.3 is 0 Å². The van der Waals surface area contributed by atoms with Crippen molar-refractivity contribution in [3.63, 3.8) is 0 Å². The SMILES string of the molecule is O=C(C[C@@H]1C=CCC1)NCc1cncn1C1CC1. The molecule has 3 rings (SSSR count). The molecule has 2 aliphatic carbocycles. The smallest absolute Gasteiger partial charge is 0.220 e. The van der Waals surface area contributed by atoms with E-state index in [0.717, 1.165) is 18.5 Å². The number of nitrogens with zero attached hydrogens (tertiary/aromatic N) is 2. The van der Waals surface area contributed by atoms with Crippen molar-refractivity contribution in [3.05, 3.63) is 30.4 Å². The predicted molar refractivity (Wildman–Crippen MR) is 68.8 cm³/mol. The fraction of sp³-hybridized carbons (Fsp3) is 0.571. The Morgan fingerprint density at radius 2 is 2.33 bits per heavy atom. The topological polar surface area (TPSA) is 46.9 Å². The third-order valence-electron chi connectivity index (χ3n) is 3.71. The van der Waals surface area contributed by atoms with Gasteiger partial charge in [-0.05, 0) is 31.6 Å². The minimum Gasteiger partial charge on any atom is -0.350 e. The number of carbonyl (C=O) groups excluding carboxylic acids is 1. The molecule has 1 amide bonds. The van der Waals surface area contributed by atoms with E-state index in [1.165, 1.54) is 12.8 Å². The van der Waals surface area contributed by atoms with Crippen LogP contribution in [0.1, 0.15) is 43.8 Å². The van der Waals surface area contributed by atoms with E-state index in [9.17, 15) is 4.79 Å². The zero-order valence-electron chi connectivity index (χ0n) is 10.5. The summed E-state index contributed by atoms with van der Waals surface area (Å²) in [6.45, 7) is 0.603. The number of allylic oxidation sites excluding steroid dienone is 2. The highest BCUT2D eigenvalue weighted by Crippen LogP contribution is 2.35. The average molecular weight is 245 g/mol. The van der Waals surface area contributed by atoms with E-state index < -0.39 is 0 Å². The van der Waals surface area contributed by atoms with Crippen molar-refractivity contribution in [3.8, 4) is 0 Å². The van der Waals surface area contributed by atoms with Crippen LogP contribution in [0.25, 0.3) is 0 Å². The van der Waals surface area contributed by atoms with Crippen molar-refractivity contribution in [2.45, 2.75) is 44.7 Å². The molecule has 4 heteroatoms. The van der Waals surface area contributed by atoms with Crippen LogP contribution in [0.5, 0.6) is 0 Å². The van der Waals surface area contributed by atoms with Gasteiger partial charge in [-0.2, -0.15) is 0 Å². The number of carbonyl (C=O) groups is 1. The lowest BCUT2D eigenvalue weighted by atomic mass is 10.1. The molecule has 0 aromatic carbocycles. The summed E-state index contributed by atoms with van der Waals surface area (Å²) in [4.78, 5) is 16.0. The first-order valence-corrected chi connectivity index (χ1v) is 6.77. The maximum atomic E-state index is 11.8. The van der Waals surface area contributed by atoms with Crippen molar-refractivity contribution in [2.75, 3.05) is 0 Å². The molecule has 1 N–H and O–H groups in total. The van der Waals surface area contributed by atoms with Crippen LogP contribution in [0, 0.1) is 5.92 Å². The molecule has 1 heterocycles. The summed E-state index contributed by atoms with van der Waals surface area (Å²) >= 11 is 0. The first-order valence-electron chi connectivity index (χ1n) is 6.77. The van der Waals surface area contributed by atoms with E-state index in [1.54, 1.807) is 0 Å². The van der Waals surface area contributed by atoms with Crippen LogP contribution in [0.15, 0.2) is 24.7 Å². The van der Waals surface area contributed by atoms with Crippen molar-refractivity contribution >= 4 is 5.91 Å². The summed E-state index contributed by atoms with van der Waals surface area (Å²) in [5, 5.41) is 3.00. The first kappa shape index (κ1) is 11.5. The minimum absolute atomic E-state index is 0.148. The molecule has 0 saturated heterocycles. The first-order chi connectivity index (χ1) is 8.83. The van der Waals surface area contributed by atoms with Gasteiger partial charge in [0.05, 0.1) is 18.6 Å². The molecule has 0 radical (unpaired) electrons. The number of hydrogen-bond acceptors (Lipinski definition) is 2. The molecule has 1 saturated carbocycles. The Morgan fingerprint density at radius 1 is 1.44 bits per heavy atom. The standard InChI is InChI=1S/C14H19N3O/c18-14(7-11-3-1-2-4-11)16-9-13-8-15-10-17(13)12-5-6-12/h1,3,8,10-12H,2,4-7,9H2,(H,16,18)/t11-/m1/s1. The average Bonchev–Trinajstić information content (AvgIpc) is 2.90. The van der Waals surface area contributed by atoms with Crippen molar-refractivity contribution in [1.29, 1.82) is 0 Å². The van der Waals surface area contributed by atoms with Gasteiger partial charge in [0.1, 0.15) is 0 Å². The molecular weight excluding hydrogens is 226 g/mol. The second-order valence-corrected chi connectivity index (χ2v) is 5.27. The highest BCUT2D eigenvalue weighted by Gasteiger charge is 2.25. The number of nitrogens with one attached hydrogen (secondary N) is 1. The van der Waals surface area contributed by atoms with Crippen molar-refractivity contribution in [2.24, 2.45) is 5.92 Å². The molecule has 4 nitrogen and oxygen atoms in total. The Labute approximate surface area is 107 Å². The van der Waals surface area contributed by atoms with E-state index >= 15 is 0 Å².